The number of benzene rings is 2. The van der Waals surface area contributed by atoms with Crippen LogP contribution in [-0.4, -0.2) is 50.5 Å². The van der Waals surface area contributed by atoms with Crippen LogP contribution in [0, 0.1) is 0 Å². The lowest BCUT2D eigenvalue weighted by Gasteiger charge is -2.15. The van der Waals surface area contributed by atoms with Gasteiger partial charge in [-0.25, -0.2) is 0 Å². The molecule has 1 saturated heterocycles. The van der Waals surface area contributed by atoms with Crippen molar-refractivity contribution < 1.29 is 19.0 Å². The Balaban J connectivity index is 1.47. The maximum absolute atomic E-state index is 12.8. The molecule has 0 saturated carbocycles. The van der Waals surface area contributed by atoms with E-state index in [0.717, 1.165) is 30.2 Å². The lowest BCUT2D eigenvalue weighted by atomic mass is 10.1. The number of hydrogen-bond acceptors (Lipinski definition) is 7. The van der Waals surface area contributed by atoms with E-state index in [1.165, 1.54) is 34.2 Å². The summed E-state index contributed by atoms with van der Waals surface area (Å²) in [5.41, 5.74) is 2.77. The first-order valence-electron chi connectivity index (χ1n) is 10.4. The summed E-state index contributed by atoms with van der Waals surface area (Å²) in [5.74, 6) is 1.91. The van der Waals surface area contributed by atoms with E-state index >= 15 is 0 Å². The van der Waals surface area contributed by atoms with E-state index in [2.05, 4.69) is 20.4 Å². The maximum Gasteiger partial charge on any atom is 0.255 e. The van der Waals surface area contributed by atoms with Crippen LogP contribution in [0.15, 0.2) is 48.5 Å². The Morgan fingerprint density at radius 2 is 1.53 bits per heavy atom. The molecule has 0 unspecified atom stereocenters. The summed E-state index contributed by atoms with van der Waals surface area (Å²) in [4.78, 5) is 15.0. The van der Waals surface area contributed by atoms with Gasteiger partial charge in [-0.05, 0) is 49.2 Å². The number of carbonyl (C=O) groups excluding carboxylic acids is 1. The van der Waals surface area contributed by atoms with Gasteiger partial charge < -0.3 is 24.4 Å². The highest BCUT2D eigenvalue weighted by molar-refractivity contribution is 6.05. The van der Waals surface area contributed by atoms with Crippen LogP contribution in [0.3, 0.4) is 0 Å². The minimum Gasteiger partial charge on any atom is -0.493 e. The predicted molar refractivity (Wildman–Crippen MR) is 123 cm³/mol. The van der Waals surface area contributed by atoms with Crippen molar-refractivity contribution in [1.29, 1.82) is 0 Å². The summed E-state index contributed by atoms with van der Waals surface area (Å²) in [7, 11) is 4.54. The number of ether oxygens (including phenoxy) is 3. The Bertz CT molecular complexity index is 1050. The zero-order valence-electron chi connectivity index (χ0n) is 18.4. The second-order valence-corrected chi connectivity index (χ2v) is 7.42. The van der Waals surface area contributed by atoms with Gasteiger partial charge in [-0.3, -0.25) is 4.79 Å². The Morgan fingerprint density at radius 3 is 2.06 bits per heavy atom. The summed E-state index contributed by atoms with van der Waals surface area (Å²) >= 11 is 0. The van der Waals surface area contributed by atoms with E-state index < -0.39 is 0 Å². The molecular formula is C24H26N4O4. The SMILES string of the molecule is COc1cc(C(=O)Nc2ccc(-c3ccc(N4CCCC4)nn3)cc2)cc(OC)c1OC. The fourth-order valence-electron chi connectivity index (χ4n) is 3.73. The third kappa shape index (κ3) is 4.44. The number of methoxy groups -OCH3 is 3. The Kier molecular flexibility index (Phi) is 6.39. The fraction of sp³-hybridized carbons (Fsp3) is 0.292. The van der Waals surface area contributed by atoms with Gasteiger partial charge in [0.25, 0.3) is 5.91 Å². The molecule has 1 amide bonds. The highest BCUT2D eigenvalue weighted by atomic mass is 16.5. The third-order valence-corrected chi connectivity index (χ3v) is 5.45. The van der Waals surface area contributed by atoms with E-state index in [-0.39, 0.29) is 5.91 Å². The van der Waals surface area contributed by atoms with Crippen LogP contribution in [0.4, 0.5) is 11.5 Å². The second kappa shape index (κ2) is 9.55. The summed E-state index contributed by atoms with van der Waals surface area (Å²) < 4.78 is 16.0. The minimum absolute atomic E-state index is 0.285. The molecular weight excluding hydrogens is 408 g/mol. The van der Waals surface area contributed by atoms with Crippen LogP contribution in [0.1, 0.15) is 23.2 Å². The molecule has 32 heavy (non-hydrogen) atoms. The normalized spacial score (nSPS) is 13.0. The first kappa shape index (κ1) is 21.4. The van der Waals surface area contributed by atoms with Crippen molar-refractivity contribution >= 4 is 17.4 Å². The molecule has 0 radical (unpaired) electrons. The predicted octanol–water partition coefficient (Wildman–Crippen LogP) is 4.02. The molecule has 1 N–H and O–H groups in total. The molecule has 8 heteroatoms. The van der Waals surface area contributed by atoms with E-state index in [1.54, 1.807) is 12.1 Å². The van der Waals surface area contributed by atoms with Crippen LogP contribution in [0.25, 0.3) is 11.3 Å². The zero-order chi connectivity index (χ0) is 22.5. The van der Waals surface area contributed by atoms with Gasteiger partial charge in [0, 0.05) is 29.9 Å². The van der Waals surface area contributed by atoms with Gasteiger partial charge >= 0.3 is 0 Å². The molecule has 0 bridgehead atoms. The summed E-state index contributed by atoms with van der Waals surface area (Å²) in [6, 6.07) is 14.7. The standard InChI is InChI=1S/C24H26N4O4/c1-30-20-14-17(15-21(31-2)23(20)32-3)24(29)25-18-8-6-16(7-9-18)19-10-11-22(27-26-19)28-12-4-5-13-28/h6-11,14-15H,4-5,12-13H2,1-3H3,(H,25,29). The number of nitrogens with one attached hydrogen (secondary N) is 1. The van der Waals surface area contributed by atoms with Gasteiger partial charge in [0.2, 0.25) is 5.75 Å². The van der Waals surface area contributed by atoms with E-state index in [4.69, 9.17) is 14.2 Å². The van der Waals surface area contributed by atoms with Crippen molar-refractivity contribution in [2.45, 2.75) is 12.8 Å². The average molecular weight is 434 g/mol. The summed E-state index contributed by atoms with van der Waals surface area (Å²) in [6.45, 7) is 2.07. The monoisotopic (exact) mass is 434 g/mol. The minimum atomic E-state index is -0.285. The molecule has 0 atom stereocenters. The Morgan fingerprint density at radius 1 is 0.875 bits per heavy atom. The molecule has 1 fully saturated rings. The number of rotatable bonds is 7. The molecule has 0 spiro atoms. The number of anilines is 2. The molecule has 3 aromatic rings. The van der Waals surface area contributed by atoms with Gasteiger partial charge in [0.1, 0.15) is 0 Å². The lowest BCUT2D eigenvalue weighted by Crippen LogP contribution is -2.19. The zero-order valence-corrected chi connectivity index (χ0v) is 18.4. The van der Waals surface area contributed by atoms with E-state index in [1.807, 2.05) is 36.4 Å². The van der Waals surface area contributed by atoms with Gasteiger partial charge in [-0.15, -0.1) is 10.2 Å². The Hall–Kier alpha value is -3.81. The smallest absolute Gasteiger partial charge is 0.255 e. The van der Waals surface area contributed by atoms with Crippen LogP contribution < -0.4 is 24.4 Å². The first-order valence-corrected chi connectivity index (χ1v) is 10.4. The number of hydrogen-bond donors (Lipinski definition) is 1. The van der Waals surface area contributed by atoms with Crippen molar-refractivity contribution in [2.24, 2.45) is 0 Å². The molecule has 2 heterocycles. The van der Waals surface area contributed by atoms with Crippen molar-refractivity contribution in [3.63, 3.8) is 0 Å². The van der Waals surface area contributed by atoms with E-state index in [0.29, 0.717) is 28.5 Å². The Labute approximate surface area is 187 Å². The maximum atomic E-state index is 12.8. The van der Waals surface area contributed by atoms with Crippen molar-refractivity contribution in [3.05, 3.63) is 54.1 Å². The van der Waals surface area contributed by atoms with Crippen LogP contribution in [0.2, 0.25) is 0 Å². The molecule has 1 aromatic heterocycles. The molecule has 0 aliphatic carbocycles. The number of aromatic nitrogens is 2. The molecule has 1 aliphatic heterocycles. The quantitative estimate of drug-likeness (QED) is 0.601. The van der Waals surface area contributed by atoms with Crippen molar-refractivity contribution in [2.75, 3.05) is 44.6 Å². The van der Waals surface area contributed by atoms with Crippen molar-refractivity contribution in [3.8, 4) is 28.5 Å². The molecule has 8 nitrogen and oxygen atoms in total. The van der Waals surface area contributed by atoms with Crippen LogP contribution >= 0.6 is 0 Å². The van der Waals surface area contributed by atoms with Gasteiger partial charge in [-0.1, -0.05) is 12.1 Å². The summed E-state index contributed by atoms with van der Waals surface area (Å²) in [6.07, 6.45) is 2.40. The molecule has 1 aliphatic rings. The second-order valence-electron chi connectivity index (χ2n) is 7.42. The number of amides is 1. The molecule has 4 rings (SSSR count). The highest BCUT2D eigenvalue weighted by Gasteiger charge is 2.17. The van der Waals surface area contributed by atoms with Gasteiger partial charge in [-0.2, -0.15) is 0 Å². The first-order chi connectivity index (χ1) is 15.6. The molecule has 2 aromatic carbocycles. The topological polar surface area (TPSA) is 85.8 Å². The van der Waals surface area contributed by atoms with Crippen LogP contribution in [0.5, 0.6) is 17.2 Å². The fourth-order valence-corrected chi connectivity index (χ4v) is 3.73. The summed E-state index contributed by atoms with van der Waals surface area (Å²) in [5, 5.41) is 11.6. The lowest BCUT2D eigenvalue weighted by molar-refractivity contribution is 0.102. The van der Waals surface area contributed by atoms with Crippen LogP contribution in [-0.2, 0) is 0 Å². The van der Waals surface area contributed by atoms with Crippen molar-refractivity contribution in [1.82, 2.24) is 10.2 Å². The third-order valence-electron chi connectivity index (χ3n) is 5.45. The largest absolute Gasteiger partial charge is 0.493 e. The highest BCUT2D eigenvalue weighted by Crippen LogP contribution is 2.38. The van der Waals surface area contributed by atoms with E-state index in [9.17, 15) is 4.79 Å². The number of carbonyl (C=O) groups is 1. The molecule has 166 valence electrons. The van der Waals surface area contributed by atoms with Gasteiger partial charge in [0.15, 0.2) is 17.3 Å². The van der Waals surface area contributed by atoms with Gasteiger partial charge in [0.05, 0.1) is 27.0 Å². The average Bonchev–Trinajstić information content (AvgIpc) is 3.38. The number of nitrogens with zero attached hydrogens (tertiary/aromatic N) is 3.